The van der Waals surface area contributed by atoms with E-state index in [1.165, 1.54) is 0 Å². The zero-order valence-corrected chi connectivity index (χ0v) is 9.37. The Bertz CT molecular complexity index is 321. The van der Waals surface area contributed by atoms with Gasteiger partial charge in [0.2, 0.25) is 0 Å². The summed E-state index contributed by atoms with van der Waals surface area (Å²) in [4.78, 5) is 8.02. The van der Waals surface area contributed by atoms with Crippen molar-refractivity contribution in [1.29, 1.82) is 0 Å². The molecule has 0 atom stereocenters. The first-order valence-electron chi connectivity index (χ1n) is 5.18. The molecule has 15 heavy (non-hydrogen) atoms. The highest BCUT2D eigenvalue weighted by atomic mass is 32.2. The van der Waals surface area contributed by atoms with Crippen LogP contribution >= 0.6 is 0 Å². The van der Waals surface area contributed by atoms with Crippen LogP contribution in [0.25, 0.3) is 0 Å². The van der Waals surface area contributed by atoms with E-state index < -0.39 is 10.8 Å². The van der Waals surface area contributed by atoms with Gasteiger partial charge in [-0.15, -0.1) is 0 Å². The standard InChI is InChI=1S/C10H15N3OS/c14-15-5-2-9(3-6-15)12-7-10-1-4-11-8-13-10/h1,4,8-9,12H,2-3,5-7H2. The third kappa shape index (κ3) is 3.35. The van der Waals surface area contributed by atoms with Crippen molar-refractivity contribution in [1.82, 2.24) is 15.3 Å². The van der Waals surface area contributed by atoms with Crippen LogP contribution in [0.1, 0.15) is 18.5 Å². The molecule has 2 heterocycles. The average Bonchev–Trinajstić information content (AvgIpc) is 2.30. The molecule has 5 heteroatoms. The SMILES string of the molecule is O=S1CCC(NCc2ccncn2)CC1. The normalized spacial score (nSPS) is 26.4. The fourth-order valence-corrected chi connectivity index (χ4v) is 2.97. The second-order valence-electron chi connectivity index (χ2n) is 3.70. The lowest BCUT2D eigenvalue weighted by atomic mass is 10.1. The molecule has 1 fully saturated rings. The summed E-state index contributed by atoms with van der Waals surface area (Å²) >= 11 is 0. The fourth-order valence-electron chi connectivity index (χ4n) is 1.67. The quantitative estimate of drug-likeness (QED) is 0.813. The number of rotatable bonds is 3. The number of hydrogen-bond donors (Lipinski definition) is 1. The van der Waals surface area contributed by atoms with E-state index in [0.29, 0.717) is 6.04 Å². The average molecular weight is 225 g/mol. The highest BCUT2D eigenvalue weighted by Gasteiger charge is 2.16. The molecule has 4 nitrogen and oxygen atoms in total. The molecule has 0 spiro atoms. The second kappa shape index (κ2) is 5.32. The smallest absolute Gasteiger partial charge is 0.115 e. The summed E-state index contributed by atoms with van der Waals surface area (Å²) in [7, 11) is -0.575. The van der Waals surface area contributed by atoms with Crippen LogP contribution < -0.4 is 5.32 Å². The Hall–Kier alpha value is -0.810. The third-order valence-electron chi connectivity index (χ3n) is 2.60. The summed E-state index contributed by atoms with van der Waals surface area (Å²) in [6.45, 7) is 0.778. The van der Waals surface area contributed by atoms with Gasteiger partial charge in [0.25, 0.3) is 0 Å². The van der Waals surface area contributed by atoms with Crippen molar-refractivity contribution in [2.45, 2.75) is 25.4 Å². The van der Waals surface area contributed by atoms with Crippen molar-refractivity contribution < 1.29 is 4.21 Å². The van der Waals surface area contributed by atoms with Gasteiger partial charge in [-0.1, -0.05) is 0 Å². The molecule has 1 aromatic rings. The first-order chi connectivity index (χ1) is 7.34. The first kappa shape index (κ1) is 10.7. The predicted octanol–water partition coefficient (Wildman–Crippen LogP) is 0.477. The van der Waals surface area contributed by atoms with E-state index in [2.05, 4.69) is 15.3 Å². The number of aromatic nitrogens is 2. The molecule has 0 aliphatic carbocycles. The van der Waals surface area contributed by atoms with E-state index in [1.54, 1.807) is 12.5 Å². The van der Waals surface area contributed by atoms with Gasteiger partial charge in [-0.05, 0) is 18.9 Å². The minimum Gasteiger partial charge on any atom is -0.308 e. The van der Waals surface area contributed by atoms with Gasteiger partial charge in [-0.2, -0.15) is 0 Å². The number of nitrogens with one attached hydrogen (secondary N) is 1. The van der Waals surface area contributed by atoms with Gasteiger partial charge in [0.15, 0.2) is 0 Å². The van der Waals surface area contributed by atoms with Crippen molar-refractivity contribution in [3.8, 4) is 0 Å². The highest BCUT2D eigenvalue weighted by Crippen LogP contribution is 2.09. The van der Waals surface area contributed by atoms with E-state index in [9.17, 15) is 4.21 Å². The van der Waals surface area contributed by atoms with E-state index >= 15 is 0 Å². The monoisotopic (exact) mass is 225 g/mol. The Labute approximate surface area is 92.0 Å². The molecule has 1 aliphatic heterocycles. The van der Waals surface area contributed by atoms with Gasteiger partial charge >= 0.3 is 0 Å². The Morgan fingerprint density at radius 3 is 2.93 bits per heavy atom. The van der Waals surface area contributed by atoms with Crippen LogP contribution in [0.2, 0.25) is 0 Å². The van der Waals surface area contributed by atoms with Crippen LogP contribution in [-0.4, -0.2) is 31.7 Å². The van der Waals surface area contributed by atoms with E-state index in [-0.39, 0.29) is 0 Å². The van der Waals surface area contributed by atoms with Gasteiger partial charge in [0.1, 0.15) is 6.33 Å². The van der Waals surface area contributed by atoms with Crippen LogP contribution in [0.3, 0.4) is 0 Å². The van der Waals surface area contributed by atoms with Crippen LogP contribution in [0.5, 0.6) is 0 Å². The lowest BCUT2D eigenvalue weighted by molar-refractivity contribution is 0.472. The van der Waals surface area contributed by atoms with Crippen molar-refractivity contribution in [3.05, 3.63) is 24.3 Å². The summed E-state index contributed by atoms with van der Waals surface area (Å²) in [5.41, 5.74) is 1.01. The van der Waals surface area contributed by atoms with Gasteiger partial charge in [0, 0.05) is 41.1 Å². The highest BCUT2D eigenvalue weighted by molar-refractivity contribution is 7.85. The number of hydrogen-bond acceptors (Lipinski definition) is 4. The van der Waals surface area contributed by atoms with E-state index in [1.807, 2.05) is 6.07 Å². The summed E-state index contributed by atoms with van der Waals surface area (Å²) in [5.74, 6) is 1.67. The molecule has 0 aromatic carbocycles. The largest absolute Gasteiger partial charge is 0.308 e. The lowest BCUT2D eigenvalue weighted by Gasteiger charge is -2.22. The molecular formula is C10H15N3OS. The van der Waals surface area contributed by atoms with Crippen molar-refractivity contribution >= 4 is 10.8 Å². The predicted molar refractivity (Wildman–Crippen MR) is 59.8 cm³/mol. The molecule has 0 saturated carbocycles. The number of nitrogens with zero attached hydrogens (tertiary/aromatic N) is 2. The summed E-state index contributed by atoms with van der Waals surface area (Å²) in [5, 5.41) is 3.43. The molecule has 1 aliphatic rings. The molecule has 0 unspecified atom stereocenters. The summed E-state index contributed by atoms with van der Waals surface area (Å²) in [6.07, 6.45) is 5.34. The minimum absolute atomic E-state index is 0.498. The Balaban J connectivity index is 1.77. The molecule has 0 amide bonds. The molecule has 82 valence electrons. The third-order valence-corrected chi connectivity index (χ3v) is 3.99. The zero-order valence-electron chi connectivity index (χ0n) is 8.56. The molecule has 1 aromatic heterocycles. The van der Waals surface area contributed by atoms with Gasteiger partial charge < -0.3 is 5.32 Å². The van der Waals surface area contributed by atoms with Crippen LogP contribution in [0, 0.1) is 0 Å². The topological polar surface area (TPSA) is 54.9 Å². The Morgan fingerprint density at radius 1 is 1.47 bits per heavy atom. The minimum atomic E-state index is -0.575. The van der Waals surface area contributed by atoms with Crippen molar-refractivity contribution in [2.24, 2.45) is 0 Å². The van der Waals surface area contributed by atoms with Crippen molar-refractivity contribution in [2.75, 3.05) is 11.5 Å². The maximum absolute atomic E-state index is 11.1. The van der Waals surface area contributed by atoms with Crippen LogP contribution in [0.4, 0.5) is 0 Å². The molecule has 0 radical (unpaired) electrons. The lowest BCUT2D eigenvalue weighted by Crippen LogP contribution is -2.35. The molecular weight excluding hydrogens is 210 g/mol. The van der Waals surface area contributed by atoms with Gasteiger partial charge in [-0.3, -0.25) is 4.21 Å². The maximum Gasteiger partial charge on any atom is 0.115 e. The summed E-state index contributed by atoms with van der Waals surface area (Å²) in [6, 6.07) is 2.41. The zero-order chi connectivity index (χ0) is 10.5. The second-order valence-corrected chi connectivity index (χ2v) is 5.40. The fraction of sp³-hybridized carbons (Fsp3) is 0.600. The van der Waals surface area contributed by atoms with Crippen molar-refractivity contribution in [3.63, 3.8) is 0 Å². The van der Waals surface area contributed by atoms with E-state index in [0.717, 1.165) is 36.6 Å². The summed E-state index contributed by atoms with van der Waals surface area (Å²) < 4.78 is 11.1. The van der Waals surface area contributed by atoms with Crippen LogP contribution in [0.15, 0.2) is 18.6 Å². The van der Waals surface area contributed by atoms with E-state index in [4.69, 9.17) is 0 Å². The maximum atomic E-state index is 11.1. The van der Waals surface area contributed by atoms with Gasteiger partial charge in [-0.25, -0.2) is 9.97 Å². The molecule has 0 bridgehead atoms. The van der Waals surface area contributed by atoms with Gasteiger partial charge in [0.05, 0.1) is 5.69 Å². The molecule has 1 saturated heterocycles. The Morgan fingerprint density at radius 2 is 2.27 bits per heavy atom. The Kier molecular flexibility index (Phi) is 3.80. The van der Waals surface area contributed by atoms with Crippen LogP contribution in [-0.2, 0) is 17.3 Å². The first-order valence-corrected chi connectivity index (χ1v) is 6.66. The molecule has 2 rings (SSSR count). The molecule has 1 N–H and O–H groups in total.